The lowest BCUT2D eigenvalue weighted by Gasteiger charge is -2.35. The number of rotatable bonds is 5. The minimum atomic E-state index is -0.799. The molecule has 0 spiro atoms. The largest absolute Gasteiger partial charge is 0.497 e. The highest BCUT2D eigenvalue weighted by Crippen LogP contribution is 2.40. The third-order valence-corrected chi connectivity index (χ3v) is 6.30. The molecule has 2 aromatic heterocycles. The standard InChI is InChI=1S/C24H18F2N4O3S/c1-13-20(23-28-22(29-33-23)19-4-3-9-34-19)21(14-5-7-18(32-2)8-6-14)27-24(31)30(13)17-11-15(25)10-16(26)12-17/h3-12,21H,1-2H3,(H,27,31). The van der Waals surface area contributed by atoms with E-state index in [0.717, 1.165) is 28.6 Å². The molecule has 1 atom stereocenters. The molecule has 0 radical (unpaired) electrons. The van der Waals surface area contributed by atoms with E-state index in [-0.39, 0.29) is 11.6 Å². The van der Waals surface area contributed by atoms with Gasteiger partial charge in [0.25, 0.3) is 5.89 Å². The summed E-state index contributed by atoms with van der Waals surface area (Å²) >= 11 is 1.46. The van der Waals surface area contributed by atoms with Gasteiger partial charge < -0.3 is 14.6 Å². The van der Waals surface area contributed by atoms with E-state index in [0.29, 0.717) is 22.8 Å². The van der Waals surface area contributed by atoms with Crippen LogP contribution in [0.3, 0.4) is 0 Å². The van der Waals surface area contributed by atoms with Crippen molar-refractivity contribution in [2.24, 2.45) is 0 Å². The number of carbonyl (C=O) groups is 1. The molecule has 172 valence electrons. The Morgan fingerprint density at radius 3 is 2.50 bits per heavy atom. The van der Waals surface area contributed by atoms with E-state index in [2.05, 4.69) is 15.5 Å². The van der Waals surface area contributed by atoms with Gasteiger partial charge in [-0.1, -0.05) is 23.4 Å². The maximum Gasteiger partial charge on any atom is 0.327 e. The number of hydrogen-bond acceptors (Lipinski definition) is 6. The van der Waals surface area contributed by atoms with Gasteiger partial charge in [0.15, 0.2) is 0 Å². The number of carbonyl (C=O) groups excluding carboxylic acids is 1. The summed E-state index contributed by atoms with van der Waals surface area (Å²) in [4.78, 5) is 19.7. The van der Waals surface area contributed by atoms with E-state index < -0.39 is 23.7 Å². The van der Waals surface area contributed by atoms with E-state index in [1.54, 1.807) is 26.2 Å². The molecule has 7 nitrogen and oxygen atoms in total. The molecular formula is C24H18F2N4O3S. The van der Waals surface area contributed by atoms with Crippen molar-refractivity contribution in [2.45, 2.75) is 13.0 Å². The zero-order valence-corrected chi connectivity index (χ0v) is 18.9. The third-order valence-electron chi connectivity index (χ3n) is 5.44. The molecule has 2 aromatic carbocycles. The molecule has 0 bridgehead atoms. The van der Waals surface area contributed by atoms with Gasteiger partial charge in [0, 0.05) is 11.8 Å². The number of amides is 2. The van der Waals surface area contributed by atoms with Crippen molar-refractivity contribution in [3.63, 3.8) is 0 Å². The summed E-state index contributed by atoms with van der Waals surface area (Å²) in [5.41, 5.74) is 1.68. The fraction of sp³-hybridized carbons (Fsp3) is 0.125. The summed E-state index contributed by atoms with van der Waals surface area (Å²) < 4.78 is 38.8. The monoisotopic (exact) mass is 480 g/mol. The summed E-state index contributed by atoms with van der Waals surface area (Å²) in [7, 11) is 1.56. The molecule has 1 N–H and O–H groups in total. The zero-order chi connectivity index (χ0) is 23.8. The highest BCUT2D eigenvalue weighted by Gasteiger charge is 2.37. The van der Waals surface area contributed by atoms with Crippen molar-refractivity contribution in [3.8, 4) is 16.5 Å². The highest BCUT2D eigenvalue weighted by molar-refractivity contribution is 7.13. The van der Waals surface area contributed by atoms with E-state index in [9.17, 15) is 13.6 Å². The topological polar surface area (TPSA) is 80.5 Å². The van der Waals surface area contributed by atoms with Crippen LogP contribution in [0.4, 0.5) is 19.3 Å². The van der Waals surface area contributed by atoms with E-state index in [4.69, 9.17) is 9.26 Å². The Kier molecular flexibility index (Phi) is 5.58. The number of urea groups is 1. The van der Waals surface area contributed by atoms with E-state index >= 15 is 0 Å². The zero-order valence-electron chi connectivity index (χ0n) is 18.1. The van der Waals surface area contributed by atoms with E-state index in [1.807, 2.05) is 29.6 Å². The molecule has 0 aliphatic carbocycles. The summed E-state index contributed by atoms with van der Waals surface area (Å²) in [6.45, 7) is 1.67. The first kappa shape index (κ1) is 21.8. The van der Waals surface area contributed by atoms with Gasteiger partial charge in [0.05, 0.1) is 29.3 Å². The normalized spacial score (nSPS) is 16.1. The fourth-order valence-electron chi connectivity index (χ4n) is 3.88. The molecule has 0 saturated heterocycles. The van der Waals surface area contributed by atoms with E-state index in [1.165, 1.54) is 16.2 Å². The minimum absolute atomic E-state index is 0.0381. The Morgan fingerprint density at radius 2 is 1.85 bits per heavy atom. The predicted octanol–water partition coefficient (Wildman–Crippen LogP) is 5.79. The Labute approximate surface area is 197 Å². The first-order chi connectivity index (χ1) is 16.4. The average Bonchev–Trinajstić information content (AvgIpc) is 3.50. The molecule has 1 aliphatic heterocycles. The number of nitrogens with one attached hydrogen (secondary N) is 1. The molecule has 4 aromatic rings. The lowest BCUT2D eigenvalue weighted by atomic mass is 9.94. The number of methoxy groups -OCH3 is 1. The molecule has 5 rings (SSSR count). The second-order valence-corrected chi connectivity index (χ2v) is 8.47. The van der Waals surface area contributed by atoms with Crippen molar-refractivity contribution in [1.29, 1.82) is 0 Å². The summed E-state index contributed by atoms with van der Waals surface area (Å²) in [6.07, 6.45) is 0. The lowest BCUT2D eigenvalue weighted by Crippen LogP contribution is -2.46. The van der Waals surface area contributed by atoms with Crippen LogP contribution in [0.15, 0.2) is 70.2 Å². The van der Waals surface area contributed by atoms with Gasteiger partial charge in [0.2, 0.25) is 5.82 Å². The van der Waals surface area contributed by atoms with Crippen LogP contribution in [0, 0.1) is 11.6 Å². The Morgan fingerprint density at radius 1 is 1.12 bits per heavy atom. The lowest BCUT2D eigenvalue weighted by molar-refractivity contribution is 0.244. The van der Waals surface area contributed by atoms with Crippen LogP contribution in [0.25, 0.3) is 16.3 Å². The maximum absolute atomic E-state index is 14.0. The number of ether oxygens (including phenoxy) is 1. The fourth-order valence-corrected chi connectivity index (χ4v) is 4.53. The molecule has 1 aliphatic rings. The predicted molar refractivity (Wildman–Crippen MR) is 123 cm³/mol. The summed E-state index contributed by atoms with van der Waals surface area (Å²) in [6, 6.07) is 12.6. The number of thiophene rings is 1. The van der Waals surface area contributed by atoms with Gasteiger partial charge in [-0.25, -0.2) is 13.6 Å². The SMILES string of the molecule is COc1ccc(C2NC(=O)N(c3cc(F)cc(F)c3)C(C)=C2c2nc(-c3cccs3)no2)cc1. The number of aromatic nitrogens is 2. The minimum Gasteiger partial charge on any atom is -0.497 e. The molecule has 34 heavy (non-hydrogen) atoms. The number of benzene rings is 2. The highest BCUT2D eigenvalue weighted by atomic mass is 32.1. The van der Waals surface area contributed by atoms with Crippen LogP contribution < -0.4 is 15.0 Å². The summed E-state index contributed by atoms with van der Waals surface area (Å²) in [5.74, 6) is -0.357. The smallest absolute Gasteiger partial charge is 0.327 e. The molecule has 0 saturated carbocycles. The second kappa shape index (κ2) is 8.71. The maximum atomic E-state index is 14.0. The van der Waals surface area contributed by atoms with Crippen molar-refractivity contribution < 1.29 is 22.8 Å². The van der Waals surface area contributed by atoms with Crippen LogP contribution in [0.2, 0.25) is 0 Å². The van der Waals surface area contributed by atoms with Crippen molar-refractivity contribution in [2.75, 3.05) is 12.0 Å². The van der Waals surface area contributed by atoms with Crippen molar-refractivity contribution >= 4 is 28.6 Å². The van der Waals surface area contributed by atoms with Crippen molar-refractivity contribution in [1.82, 2.24) is 15.5 Å². The first-order valence-corrected chi connectivity index (χ1v) is 11.1. The van der Waals surface area contributed by atoms with Gasteiger partial charge >= 0.3 is 6.03 Å². The number of hydrogen-bond donors (Lipinski definition) is 1. The summed E-state index contributed by atoms with van der Waals surface area (Å²) in [5, 5.41) is 8.89. The molecule has 2 amide bonds. The Hall–Kier alpha value is -4.05. The van der Waals surface area contributed by atoms with Crippen molar-refractivity contribution in [3.05, 3.63) is 88.8 Å². The van der Waals surface area contributed by atoms with Crippen LogP contribution in [0.5, 0.6) is 5.75 Å². The van der Waals surface area contributed by atoms with Gasteiger partial charge in [0.1, 0.15) is 17.4 Å². The molecule has 3 heterocycles. The number of halogens is 2. The quantitative estimate of drug-likeness (QED) is 0.391. The van der Waals surface area contributed by atoms with Crippen LogP contribution in [-0.4, -0.2) is 23.3 Å². The first-order valence-electron chi connectivity index (χ1n) is 10.2. The Bertz CT molecular complexity index is 1360. The van der Waals surface area contributed by atoms with Gasteiger partial charge in [-0.2, -0.15) is 4.98 Å². The molecule has 1 unspecified atom stereocenters. The molecule has 10 heteroatoms. The Balaban J connectivity index is 1.66. The second-order valence-electron chi connectivity index (χ2n) is 7.52. The van der Waals surface area contributed by atoms with Gasteiger partial charge in [-0.05, 0) is 48.2 Å². The third kappa shape index (κ3) is 3.92. The number of nitrogens with zero attached hydrogens (tertiary/aromatic N) is 3. The van der Waals surface area contributed by atoms with Gasteiger partial charge in [-0.3, -0.25) is 4.90 Å². The van der Waals surface area contributed by atoms with Gasteiger partial charge in [-0.15, -0.1) is 11.3 Å². The number of allylic oxidation sites excluding steroid dienone is 1. The number of anilines is 1. The van der Waals surface area contributed by atoms with Crippen LogP contribution in [0.1, 0.15) is 24.4 Å². The molecule has 0 fully saturated rings. The average molecular weight is 480 g/mol. The van der Waals surface area contributed by atoms with Crippen LogP contribution >= 0.6 is 11.3 Å². The molecular weight excluding hydrogens is 462 g/mol. The van der Waals surface area contributed by atoms with Crippen LogP contribution in [-0.2, 0) is 0 Å².